The van der Waals surface area contributed by atoms with Crippen molar-refractivity contribution < 1.29 is 4.79 Å². The third-order valence-electron chi connectivity index (χ3n) is 3.94. The quantitative estimate of drug-likeness (QED) is 0.867. The Balaban J connectivity index is 1.78. The normalized spacial score (nSPS) is 17.2. The minimum absolute atomic E-state index is 0.0948. The van der Waals surface area contributed by atoms with Gasteiger partial charge in [-0.25, -0.2) is 0 Å². The van der Waals surface area contributed by atoms with Crippen LogP contribution in [0.3, 0.4) is 0 Å². The van der Waals surface area contributed by atoms with Gasteiger partial charge in [0.25, 0.3) is 0 Å². The molecule has 4 nitrogen and oxygen atoms in total. The van der Waals surface area contributed by atoms with Crippen molar-refractivity contribution in [3.63, 3.8) is 0 Å². The summed E-state index contributed by atoms with van der Waals surface area (Å²) < 4.78 is 2.20. The van der Waals surface area contributed by atoms with Crippen LogP contribution in [0.15, 0.2) is 18.5 Å². The maximum Gasteiger partial charge on any atom is 0.239 e. The van der Waals surface area contributed by atoms with E-state index in [9.17, 15) is 4.79 Å². The van der Waals surface area contributed by atoms with Gasteiger partial charge in [0.1, 0.15) is 0 Å². The summed E-state index contributed by atoms with van der Waals surface area (Å²) in [4.78, 5) is 14.3. The molecule has 1 aliphatic rings. The zero-order chi connectivity index (χ0) is 14.4. The van der Waals surface area contributed by atoms with E-state index in [1.54, 1.807) is 0 Å². The lowest BCUT2D eigenvalue weighted by Crippen LogP contribution is -2.46. The van der Waals surface area contributed by atoms with Crippen LogP contribution in [0.4, 0.5) is 0 Å². The summed E-state index contributed by atoms with van der Waals surface area (Å²) in [6.45, 7) is 7.83. The number of piperidine rings is 1. The SMILES string of the molecule is CCCn1ccc(CNC(C)C(=O)N2CCCCC2)c1. The first-order chi connectivity index (χ1) is 9.70. The summed E-state index contributed by atoms with van der Waals surface area (Å²) in [7, 11) is 0. The number of likely N-dealkylation sites (tertiary alicyclic amines) is 1. The second-order valence-corrected chi connectivity index (χ2v) is 5.75. The number of rotatable bonds is 6. The summed E-state index contributed by atoms with van der Waals surface area (Å²) in [6.07, 6.45) is 8.98. The molecule has 1 amide bonds. The molecule has 0 aromatic carbocycles. The van der Waals surface area contributed by atoms with Crippen LogP contribution >= 0.6 is 0 Å². The van der Waals surface area contributed by atoms with E-state index in [4.69, 9.17) is 0 Å². The van der Waals surface area contributed by atoms with E-state index in [-0.39, 0.29) is 11.9 Å². The summed E-state index contributed by atoms with van der Waals surface area (Å²) in [5, 5.41) is 3.35. The highest BCUT2D eigenvalue weighted by Crippen LogP contribution is 2.10. The first-order valence-electron chi connectivity index (χ1n) is 7.87. The lowest BCUT2D eigenvalue weighted by Gasteiger charge is -2.29. The van der Waals surface area contributed by atoms with Crippen LogP contribution in [0.1, 0.15) is 45.1 Å². The molecule has 0 spiro atoms. The molecule has 1 saturated heterocycles. The van der Waals surface area contributed by atoms with Crippen LogP contribution in [-0.2, 0) is 17.9 Å². The highest BCUT2D eigenvalue weighted by Gasteiger charge is 2.21. The zero-order valence-corrected chi connectivity index (χ0v) is 12.8. The van der Waals surface area contributed by atoms with E-state index in [0.29, 0.717) is 0 Å². The highest BCUT2D eigenvalue weighted by molar-refractivity contribution is 5.81. The number of aryl methyl sites for hydroxylation is 1. The number of aromatic nitrogens is 1. The van der Waals surface area contributed by atoms with Gasteiger partial charge in [-0.2, -0.15) is 0 Å². The van der Waals surface area contributed by atoms with Crippen molar-refractivity contribution in [2.24, 2.45) is 0 Å². The third-order valence-corrected chi connectivity index (χ3v) is 3.94. The number of hydrogen-bond acceptors (Lipinski definition) is 2. The largest absolute Gasteiger partial charge is 0.354 e. The predicted molar refractivity (Wildman–Crippen MR) is 81.5 cm³/mol. The molecule has 1 atom stereocenters. The molecule has 1 aromatic heterocycles. The Bertz CT molecular complexity index is 421. The number of amides is 1. The van der Waals surface area contributed by atoms with Crippen LogP contribution in [0.5, 0.6) is 0 Å². The van der Waals surface area contributed by atoms with E-state index >= 15 is 0 Å². The van der Waals surface area contributed by atoms with E-state index in [2.05, 4.69) is 35.3 Å². The Labute approximate surface area is 122 Å². The van der Waals surface area contributed by atoms with Crippen molar-refractivity contribution >= 4 is 5.91 Å². The van der Waals surface area contributed by atoms with Gasteiger partial charge >= 0.3 is 0 Å². The Morgan fingerprint density at radius 1 is 1.35 bits per heavy atom. The van der Waals surface area contributed by atoms with Crippen molar-refractivity contribution in [3.05, 3.63) is 24.0 Å². The molecular weight excluding hydrogens is 250 g/mol. The Kier molecular flexibility index (Phi) is 5.65. The van der Waals surface area contributed by atoms with Crippen LogP contribution in [-0.4, -0.2) is 34.5 Å². The monoisotopic (exact) mass is 277 g/mol. The smallest absolute Gasteiger partial charge is 0.239 e. The van der Waals surface area contributed by atoms with Gasteiger partial charge in [-0.05, 0) is 44.2 Å². The third kappa shape index (κ3) is 4.10. The van der Waals surface area contributed by atoms with E-state index in [0.717, 1.165) is 45.4 Å². The fourth-order valence-electron chi connectivity index (χ4n) is 2.74. The number of nitrogens with zero attached hydrogens (tertiary/aromatic N) is 2. The van der Waals surface area contributed by atoms with E-state index < -0.39 is 0 Å². The second-order valence-electron chi connectivity index (χ2n) is 5.75. The first kappa shape index (κ1) is 15.1. The molecule has 1 fully saturated rings. The van der Waals surface area contributed by atoms with Crippen LogP contribution < -0.4 is 5.32 Å². The summed E-state index contributed by atoms with van der Waals surface area (Å²) >= 11 is 0. The molecule has 1 N–H and O–H groups in total. The van der Waals surface area contributed by atoms with Crippen molar-refractivity contribution in [1.82, 2.24) is 14.8 Å². The van der Waals surface area contributed by atoms with Gasteiger partial charge in [0, 0.05) is 38.6 Å². The van der Waals surface area contributed by atoms with Gasteiger partial charge in [-0.1, -0.05) is 6.92 Å². The lowest BCUT2D eigenvalue weighted by atomic mass is 10.1. The van der Waals surface area contributed by atoms with Gasteiger partial charge in [-0.3, -0.25) is 4.79 Å². The average molecular weight is 277 g/mol. The Hall–Kier alpha value is -1.29. The van der Waals surface area contributed by atoms with Crippen LogP contribution in [0.25, 0.3) is 0 Å². The molecule has 1 unspecified atom stereocenters. The lowest BCUT2D eigenvalue weighted by molar-refractivity contribution is -0.133. The zero-order valence-electron chi connectivity index (χ0n) is 12.8. The molecule has 0 bridgehead atoms. The summed E-state index contributed by atoms with van der Waals surface area (Å²) in [5.74, 6) is 0.248. The fourth-order valence-corrected chi connectivity index (χ4v) is 2.74. The van der Waals surface area contributed by atoms with Gasteiger partial charge in [0.2, 0.25) is 5.91 Å². The molecule has 0 radical (unpaired) electrons. The van der Waals surface area contributed by atoms with Crippen LogP contribution in [0.2, 0.25) is 0 Å². The fraction of sp³-hybridized carbons (Fsp3) is 0.688. The average Bonchev–Trinajstić information content (AvgIpc) is 2.93. The minimum atomic E-state index is -0.0948. The minimum Gasteiger partial charge on any atom is -0.354 e. The van der Waals surface area contributed by atoms with E-state index in [1.807, 2.05) is 11.8 Å². The van der Waals surface area contributed by atoms with Crippen molar-refractivity contribution in [2.75, 3.05) is 13.1 Å². The number of nitrogens with one attached hydrogen (secondary N) is 1. The van der Waals surface area contributed by atoms with Gasteiger partial charge in [0.15, 0.2) is 0 Å². The Morgan fingerprint density at radius 3 is 2.80 bits per heavy atom. The van der Waals surface area contributed by atoms with Gasteiger partial charge in [0.05, 0.1) is 6.04 Å². The van der Waals surface area contributed by atoms with Gasteiger partial charge < -0.3 is 14.8 Å². The van der Waals surface area contributed by atoms with Crippen molar-refractivity contribution in [2.45, 2.75) is 58.7 Å². The Morgan fingerprint density at radius 2 is 2.10 bits per heavy atom. The van der Waals surface area contributed by atoms with Crippen molar-refractivity contribution in [3.8, 4) is 0 Å². The molecule has 2 heterocycles. The molecule has 0 aliphatic carbocycles. The molecule has 1 aromatic rings. The topological polar surface area (TPSA) is 37.3 Å². The number of hydrogen-bond donors (Lipinski definition) is 1. The standard InChI is InChI=1S/C16H27N3O/c1-3-8-18-11-7-15(13-18)12-17-14(2)16(20)19-9-5-4-6-10-19/h7,11,13-14,17H,3-6,8-10,12H2,1-2H3. The van der Waals surface area contributed by atoms with Crippen molar-refractivity contribution in [1.29, 1.82) is 0 Å². The predicted octanol–water partition coefficient (Wildman–Crippen LogP) is 2.39. The van der Waals surface area contributed by atoms with Gasteiger partial charge in [-0.15, -0.1) is 0 Å². The second kappa shape index (κ2) is 7.48. The molecular formula is C16H27N3O. The summed E-state index contributed by atoms with van der Waals surface area (Å²) in [5.41, 5.74) is 1.25. The van der Waals surface area contributed by atoms with E-state index in [1.165, 1.54) is 12.0 Å². The number of carbonyl (C=O) groups is 1. The molecule has 1 aliphatic heterocycles. The maximum atomic E-state index is 12.3. The molecule has 2 rings (SSSR count). The molecule has 20 heavy (non-hydrogen) atoms. The molecule has 0 saturated carbocycles. The highest BCUT2D eigenvalue weighted by atomic mass is 16.2. The number of carbonyl (C=O) groups excluding carboxylic acids is 1. The maximum absolute atomic E-state index is 12.3. The molecule has 112 valence electrons. The van der Waals surface area contributed by atoms with Crippen LogP contribution in [0, 0.1) is 0 Å². The molecule has 4 heteroatoms. The summed E-state index contributed by atoms with van der Waals surface area (Å²) in [6, 6.07) is 2.03. The first-order valence-corrected chi connectivity index (χ1v) is 7.87.